The fraction of sp³-hybridized carbons (Fsp3) is 0.333. The van der Waals surface area contributed by atoms with Crippen molar-refractivity contribution in [2.24, 2.45) is 5.92 Å². The molecule has 0 atom stereocenters. The number of nitrogens with zero attached hydrogens (tertiary/aromatic N) is 3. The van der Waals surface area contributed by atoms with Crippen LogP contribution in [0.4, 0.5) is 0 Å². The van der Waals surface area contributed by atoms with Crippen LogP contribution in [0.3, 0.4) is 0 Å². The highest BCUT2D eigenvalue weighted by molar-refractivity contribution is 7.89. The van der Waals surface area contributed by atoms with Gasteiger partial charge in [-0.3, -0.25) is 4.79 Å². The third-order valence-corrected chi connectivity index (χ3v) is 7.88. The maximum absolute atomic E-state index is 13.1. The molecule has 0 unspecified atom stereocenters. The lowest BCUT2D eigenvalue weighted by molar-refractivity contribution is 0.0947. The molecule has 0 radical (unpaired) electrons. The van der Waals surface area contributed by atoms with Gasteiger partial charge in [-0.15, -0.1) is 0 Å². The highest BCUT2D eigenvalue weighted by Gasteiger charge is 2.29. The number of hydrogen-bond acceptors (Lipinski definition) is 5. The minimum atomic E-state index is -3.67. The van der Waals surface area contributed by atoms with Crippen molar-refractivity contribution in [3.8, 4) is 11.4 Å². The van der Waals surface area contributed by atoms with Crippen LogP contribution in [-0.4, -0.2) is 48.4 Å². The number of carbonyl (C=O) groups excluding carboxylic acids is 1. The van der Waals surface area contributed by atoms with E-state index in [1.807, 2.05) is 35.0 Å². The quantitative estimate of drug-likeness (QED) is 0.575. The van der Waals surface area contributed by atoms with Gasteiger partial charge in [0.2, 0.25) is 10.0 Å². The van der Waals surface area contributed by atoms with E-state index in [9.17, 15) is 13.2 Å². The van der Waals surface area contributed by atoms with E-state index in [1.54, 1.807) is 12.5 Å². The van der Waals surface area contributed by atoms with Gasteiger partial charge in [-0.05, 0) is 54.7 Å². The first-order valence-corrected chi connectivity index (χ1v) is 12.4. The van der Waals surface area contributed by atoms with E-state index in [-0.39, 0.29) is 10.5 Å². The Labute approximate surface area is 194 Å². The van der Waals surface area contributed by atoms with Crippen LogP contribution in [0, 0.1) is 5.92 Å². The van der Waals surface area contributed by atoms with Crippen molar-refractivity contribution in [3.63, 3.8) is 0 Å². The Morgan fingerprint density at radius 2 is 1.88 bits per heavy atom. The summed E-state index contributed by atoms with van der Waals surface area (Å²) in [7, 11) is -2.21. The molecular weight excluding hydrogens is 440 g/mol. The molecule has 8 nitrogen and oxygen atoms in total. The van der Waals surface area contributed by atoms with Crippen LogP contribution >= 0.6 is 0 Å². The third kappa shape index (κ3) is 5.09. The average Bonchev–Trinajstić information content (AvgIpc) is 3.38. The zero-order valence-electron chi connectivity index (χ0n) is 18.8. The van der Waals surface area contributed by atoms with Crippen LogP contribution in [0.2, 0.25) is 0 Å². The molecule has 1 aromatic heterocycles. The van der Waals surface area contributed by atoms with Gasteiger partial charge < -0.3 is 14.6 Å². The molecule has 3 aromatic rings. The van der Waals surface area contributed by atoms with Crippen LogP contribution < -0.4 is 10.1 Å². The summed E-state index contributed by atoms with van der Waals surface area (Å²) in [6, 6.07) is 12.2. The summed E-state index contributed by atoms with van der Waals surface area (Å²) < 4.78 is 35.0. The van der Waals surface area contributed by atoms with Gasteiger partial charge in [0.25, 0.3) is 5.91 Å². The summed E-state index contributed by atoms with van der Waals surface area (Å²) in [6.45, 7) is 3.41. The van der Waals surface area contributed by atoms with Gasteiger partial charge >= 0.3 is 0 Å². The van der Waals surface area contributed by atoms with Gasteiger partial charge in [0.1, 0.15) is 5.75 Å². The number of hydrogen-bond donors (Lipinski definition) is 1. The molecule has 1 aliphatic rings. The Balaban J connectivity index is 1.48. The zero-order chi connectivity index (χ0) is 23.4. The van der Waals surface area contributed by atoms with Crippen LogP contribution in [0.25, 0.3) is 5.69 Å². The minimum Gasteiger partial charge on any atom is -0.496 e. The fourth-order valence-electron chi connectivity index (χ4n) is 3.87. The monoisotopic (exact) mass is 468 g/mol. The van der Waals surface area contributed by atoms with Crippen molar-refractivity contribution in [1.29, 1.82) is 0 Å². The highest BCUT2D eigenvalue weighted by atomic mass is 32.2. The fourth-order valence-corrected chi connectivity index (χ4v) is 5.37. The maximum Gasteiger partial charge on any atom is 0.255 e. The number of benzene rings is 2. The molecule has 1 fully saturated rings. The lowest BCUT2D eigenvalue weighted by Gasteiger charge is -2.29. The van der Waals surface area contributed by atoms with Gasteiger partial charge in [0.05, 0.1) is 23.9 Å². The zero-order valence-corrected chi connectivity index (χ0v) is 19.6. The lowest BCUT2D eigenvalue weighted by Crippen LogP contribution is -2.38. The van der Waals surface area contributed by atoms with Crippen molar-refractivity contribution < 1.29 is 17.9 Å². The first-order chi connectivity index (χ1) is 15.9. The first kappa shape index (κ1) is 23.0. The topological polar surface area (TPSA) is 93.5 Å². The van der Waals surface area contributed by atoms with E-state index in [1.165, 1.54) is 29.6 Å². The van der Waals surface area contributed by atoms with Crippen LogP contribution in [0.15, 0.2) is 66.1 Å². The Bertz CT molecular complexity index is 1200. The Hall–Kier alpha value is -3.17. The molecule has 0 bridgehead atoms. The maximum atomic E-state index is 13.1. The summed E-state index contributed by atoms with van der Waals surface area (Å²) in [5.41, 5.74) is 2.07. The molecule has 2 aromatic carbocycles. The second-order valence-electron chi connectivity index (χ2n) is 8.27. The summed E-state index contributed by atoms with van der Waals surface area (Å²) in [4.78, 5) is 17.1. The van der Waals surface area contributed by atoms with E-state index >= 15 is 0 Å². The number of amides is 1. The smallest absolute Gasteiger partial charge is 0.255 e. The number of piperidine rings is 1. The first-order valence-electron chi connectivity index (χ1n) is 10.9. The van der Waals surface area contributed by atoms with Crippen LogP contribution in [0.5, 0.6) is 5.75 Å². The summed E-state index contributed by atoms with van der Waals surface area (Å²) >= 11 is 0. The van der Waals surface area contributed by atoms with Gasteiger partial charge in [-0.1, -0.05) is 19.1 Å². The number of imidazole rings is 1. The van der Waals surface area contributed by atoms with E-state index in [0.717, 1.165) is 24.1 Å². The van der Waals surface area contributed by atoms with Gasteiger partial charge in [0, 0.05) is 37.7 Å². The van der Waals surface area contributed by atoms with Crippen LogP contribution in [-0.2, 0) is 16.6 Å². The van der Waals surface area contributed by atoms with Gasteiger partial charge in [-0.25, -0.2) is 13.4 Å². The average molecular weight is 469 g/mol. The summed E-state index contributed by atoms with van der Waals surface area (Å²) in [5.74, 6) is 0.451. The molecule has 33 heavy (non-hydrogen) atoms. The molecule has 4 rings (SSSR count). The summed E-state index contributed by atoms with van der Waals surface area (Å²) in [6.07, 6.45) is 6.95. The number of aromatic nitrogens is 2. The largest absolute Gasteiger partial charge is 0.496 e. The van der Waals surface area contributed by atoms with E-state index in [2.05, 4.69) is 17.2 Å². The molecule has 0 spiro atoms. The predicted molar refractivity (Wildman–Crippen MR) is 125 cm³/mol. The number of sulfonamides is 1. The molecule has 0 aliphatic carbocycles. The number of carbonyl (C=O) groups is 1. The van der Waals surface area contributed by atoms with Crippen molar-refractivity contribution in [2.45, 2.75) is 31.2 Å². The van der Waals surface area contributed by atoms with Crippen molar-refractivity contribution in [3.05, 3.63) is 72.3 Å². The number of ether oxygens (including phenoxy) is 1. The Morgan fingerprint density at radius 3 is 2.52 bits per heavy atom. The van der Waals surface area contributed by atoms with Crippen LogP contribution in [0.1, 0.15) is 35.7 Å². The molecule has 1 N–H and O–H groups in total. The van der Waals surface area contributed by atoms with E-state index in [4.69, 9.17) is 4.74 Å². The second kappa shape index (κ2) is 9.76. The number of nitrogens with one attached hydrogen (secondary N) is 1. The summed E-state index contributed by atoms with van der Waals surface area (Å²) in [5, 5.41) is 2.86. The lowest BCUT2D eigenvalue weighted by atomic mass is 10.0. The van der Waals surface area contributed by atoms with Gasteiger partial charge in [-0.2, -0.15) is 4.31 Å². The Kier molecular flexibility index (Phi) is 6.80. The molecule has 174 valence electrons. The molecule has 1 saturated heterocycles. The standard InChI is InChI=1S/C24H28N4O4S/c1-18-9-12-28(13-10-18)33(30,31)21-7-8-23(32-2)22(15-21)24(29)26-16-19-3-5-20(6-4-19)27-14-11-25-17-27/h3-8,11,14-15,17-18H,9-10,12-13,16H2,1-2H3,(H,26,29). The predicted octanol–water partition coefficient (Wildman–Crippen LogP) is 3.23. The second-order valence-corrected chi connectivity index (χ2v) is 10.2. The van der Waals surface area contributed by atoms with Gasteiger partial charge in [0.15, 0.2) is 0 Å². The number of methoxy groups -OCH3 is 1. The third-order valence-electron chi connectivity index (χ3n) is 5.99. The van der Waals surface area contributed by atoms with E-state index in [0.29, 0.717) is 31.3 Å². The van der Waals surface area contributed by atoms with E-state index < -0.39 is 15.9 Å². The Morgan fingerprint density at radius 1 is 1.15 bits per heavy atom. The van der Waals surface area contributed by atoms with Crippen molar-refractivity contribution in [1.82, 2.24) is 19.2 Å². The van der Waals surface area contributed by atoms with Crippen molar-refractivity contribution in [2.75, 3.05) is 20.2 Å². The van der Waals surface area contributed by atoms with Crippen molar-refractivity contribution >= 4 is 15.9 Å². The minimum absolute atomic E-state index is 0.104. The SMILES string of the molecule is COc1ccc(S(=O)(=O)N2CCC(C)CC2)cc1C(=O)NCc1ccc(-n2ccnc2)cc1. The highest BCUT2D eigenvalue weighted by Crippen LogP contribution is 2.27. The molecule has 0 saturated carbocycles. The molecule has 9 heteroatoms. The molecular formula is C24H28N4O4S. The molecule has 2 heterocycles. The molecule has 1 amide bonds. The molecule has 1 aliphatic heterocycles. The number of rotatable bonds is 7. The normalized spacial score (nSPS) is 15.3.